The average Bonchev–Trinajstić information content (AvgIpc) is 3.08. The van der Waals surface area contributed by atoms with E-state index in [1.54, 1.807) is 25.1 Å². The van der Waals surface area contributed by atoms with Crippen LogP contribution in [0.25, 0.3) is 0 Å². The van der Waals surface area contributed by atoms with E-state index in [4.69, 9.17) is 4.74 Å². The Morgan fingerprint density at radius 1 is 1.23 bits per heavy atom. The number of thioether (sulfide) groups is 1. The summed E-state index contributed by atoms with van der Waals surface area (Å²) in [7, 11) is 1.62. The first-order valence-corrected chi connectivity index (χ1v) is 10.1. The number of anilines is 1. The minimum atomic E-state index is 0.479. The van der Waals surface area contributed by atoms with Gasteiger partial charge in [0, 0.05) is 20.3 Å². The van der Waals surface area contributed by atoms with Crippen molar-refractivity contribution < 1.29 is 4.74 Å². The zero-order valence-corrected chi connectivity index (χ0v) is 17.7. The van der Waals surface area contributed by atoms with Crippen LogP contribution in [-0.2, 0) is 5.75 Å². The Morgan fingerprint density at radius 2 is 2.08 bits per heavy atom. The number of H-pyrrole nitrogens is 1. The van der Waals surface area contributed by atoms with Crippen molar-refractivity contribution >= 4 is 55.8 Å². The number of nitrogens with zero attached hydrogens (tertiary/aromatic N) is 3. The average molecular weight is 497 g/mol. The molecule has 6 nitrogen and oxygen atoms in total. The number of aromatic amines is 1. The topological polar surface area (TPSA) is 75.2 Å². The van der Waals surface area contributed by atoms with Gasteiger partial charge in [-0.05, 0) is 35.9 Å². The Morgan fingerprint density at radius 3 is 2.88 bits per heavy atom. The van der Waals surface area contributed by atoms with Gasteiger partial charge in [0.2, 0.25) is 11.1 Å². The second-order valence-electron chi connectivity index (χ2n) is 5.14. The molecule has 0 bridgehead atoms. The van der Waals surface area contributed by atoms with E-state index < -0.39 is 0 Å². The molecular weight excluding hydrogens is 482 g/mol. The van der Waals surface area contributed by atoms with Crippen LogP contribution >= 0.6 is 43.6 Å². The lowest BCUT2D eigenvalue weighted by Crippen LogP contribution is -1.95. The van der Waals surface area contributed by atoms with Crippen molar-refractivity contribution in [2.24, 2.45) is 5.10 Å². The Hall–Kier alpha value is -1.84. The highest BCUT2D eigenvalue weighted by atomic mass is 79.9. The summed E-state index contributed by atoms with van der Waals surface area (Å²) in [5, 5.41) is 11.8. The second kappa shape index (κ2) is 9.20. The normalized spacial score (nSPS) is 11.0. The van der Waals surface area contributed by atoms with Crippen molar-refractivity contribution in [1.29, 1.82) is 0 Å². The van der Waals surface area contributed by atoms with E-state index in [1.807, 2.05) is 30.3 Å². The molecule has 9 heteroatoms. The zero-order chi connectivity index (χ0) is 18.4. The number of hydrogen-bond donors (Lipinski definition) is 2. The maximum atomic E-state index is 5.31. The van der Waals surface area contributed by atoms with E-state index in [0.717, 1.165) is 26.0 Å². The van der Waals surface area contributed by atoms with Gasteiger partial charge in [-0.25, -0.2) is 10.5 Å². The lowest BCUT2D eigenvalue weighted by atomic mass is 10.2. The van der Waals surface area contributed by atoms with E-state index in [-0.39, 0.29) is 0 Å². The molecule has 1 aromatic heterocycles. The molecule has 134 valence electrons. The number of methoxy groups -OCH3 is 1. The predicted octanol–water partition coefficient (Wildman–Crippen LogP) is 5.08. The van der Waals surface area contributed by atoms with Crippen molar-refractivity contribution in [3.05, 3.63) is 62.5 Å². The van der Waals surface area contributed by atoms with Crippen LogP contribution in [0.5, 0.6) is 5.75 Å². The van der Waals surface area contributed by atoms with Crippen LogP contribution in [0.2, 0.25) is 0 Å². The zero-order valence-electron chi connectivity index (χ0n) is 13.7. The van der Waals surface area contributed by atoms with Crippen molar-refractivity contribution in [3.63, 3.8) is 0 Å². The first-order valence-electron chi connectivity index (χ1n) is 7.56. The fraction of sp³-hybridized carbons (Fsp3) is 0.118. The molecule has 2 aromatic carbocycles. The van der Waals surface area contributed by atoms with Crippen molar-refractivity contribution in [1.82, 2.24) is 15.2 Å². The lowest BCUT2D eigenvalue weighted by Gasteiger charge is -2.04. The molecule has 0 radical (unpaired) electrons. The maximum Gasteiger partial charge on any atom is 0.240 e. The van der Waals surface area contributed by atoms with Gasteiger partial charge in [0.25, 0.3) is 0 Å². The van der Waals surface area contributed by atoms with Crippen LogP contribution in [0.1, 0.15) is 11.1 Å². The smallest absolute Gasteiger partial charge is 0.240 e. The quantitative estimate of drug-likeness (QED) is 0.271. The minimum Gasteiger partial charge on any atom is -0.496 e. The molecule has 0 aliphatic rings. The van der Waals surface area contributed by atoms with Gasteiger partial charge in [-0.15, -0.1) is 5.10 Å². The second-order valence-corrected chi connectivity index (χ2v) is 7.92. The Bertz CT molecular complexity index is 916. The van der Waals surface area contributed by atoms with Gasteiger partial charge >= 0.3 is 0 Å². The number of benzene rings is 2. The van der Waals surface area contributed by atoms with Gasteiger partial charge in [-0.2, -0.15) is 10.1 Å². The molecule has 1 heterocycles. The molecule has 0 saturated heterocycles. The molecule has 0 atom stereocenters. The number of nitrogens with one attached hydrogen (secondary N) is 2. The van der Waals surface area contributed by atoms with Crippen LogP contribution in [0, 0.1) is 0 Å². The van der Waals surface area contributed by atoms with Crippen LogP contribution in [0.3, 0.4) is 0 Å². The third kappa shape index (κ3) is 5.33. The van der Waals surface area contributed by atoms with E-state index in [2.05, 4.69) is 69.7 Å². The minimum absolute atomic E-state index is 0.479. The number of rotatable bonds is 7. The summed E-state index contributed by atoms with van der Waals surface area (Å²) >= 11 is 8.45. The SMILES string of the molecule is COc1ccc(Br)cc1/C=N/Nc1nc(SCc2cccc(Br)c2)n[nH]1. The van der Waals surface area contributed by atoms with Crippen LogP contribution in [-0.4, -0.2) is 28.5 Å². The summed E-state index contributed by atoms with van der Waals surface area (Å²) < 4.78 is 7.32. The molecule has 0 fully saturated rings. The van der Waals surface area contributed by atoms with Gasteiger partial charge in [-0.1, -0.05) is 55.8 Å². The highest BCUT2D eigenvalue weighted by Gasteiger charge is 2.05. The molecule has 26 heavy (non-hydrogen) atoms. The third-order valence-corrected chi connectivity index (χ3v) is 5.19. The highest BCUT2D eigenvalue weighted by molar-refractivity contribution is 9.10. The largest absolute Gasteiger partial charge is 0.496 e. The van der Waals surface area contributed by atoms with E-state index in [0.29, 0.717) is 11.1 Å². The van der Waals surface area contributed by atoms with Crippen LogP contribution < -0.4 is 10.2 Å². The summed E-state index contributed by atoms with van der Waals surface area (Å²) in [6.07, 6.45) is 1.67. The Labute approximate surface area is 172 Å². The van der Waals surface area contributed by atoms with Crippen LogP contribution in [0.4, 0.5) is 5.95 Å². The van der Waals surface area contributed by atoms with Crippen molar-refractivity contribution in [3.8, 4) is 5.75 Å². The van der Waals surface area contributed by atoms with Gasteiger partial charge < -0.3 is 4.74 Å². The maximum absolute atomic E-state index is 5.31. The molecule has 0 aliphatic carbocycles. The molecule has 0 saturated carbocycles. The molecule has 0 amide bonds. The fourth-order valence-corrected chi connectivity index (χ4v) is 3.67. The summed E-state index contributed by atoms with van der Waals surface area (Å²) in [6.45, 7) is 0. The predicted molar refractivity (Wildman–Crippen MR) is 112 cm³/mol. The molecule has 0 spiro atoms. The number of hydrogen-bond acceptors (Lipinski definition) is 6. The first-order chi connectivity index (χ1) is 12.6. The summed E-state index contributed by atoms with van der Waals surface area (Å²) in [6, 6.07) is 13.9. The van der Waals surface area contributed by atoms with E-state index >= 15 is 0 Å². The van der Waals surface area contributed by atoms with Gasteiger partial charge in [0.05, 0.1) is 13.3 Å². The fourth-order valence-electron chi connectivity index (χ4n) is 2.10. The number of hydrazone groups is 1. The third-order valence-electron chi connectivity index (χ3n) is 3.29. The molecule has 2 N–H and O–H groups in total. The number of halogens is 2. The number of ether oxygens (including phenoxy) is 1. The summed E-state index contributed by atoms with van der Waals surface area (Å²) in [5.74, 6) is 2.00. The van der Waals surface area contributed by atoms with Gasteiger partial charge in [0.1, 0.15) is 5.75 Å². The van der Waals surface area contributed by atoms with Crippen LogP contribution in [0.15, 0.2) is 61.7 Å². The molecule has 3 rings (SSSR count). The highest BCUT2D eigenvalue weighted by Crippen LogP contribution is 2.23. The lowest BCUT2D eigenvalue weighted by molar-refractivity contribution is 0.414. The van der Waals surface area contributed by atoms with E-state index in [1.165, 1.54) is 5.56 Å². The summed E-state index contributed by atoms with van der Waals surface area (Å²) in [4.78, 5) is 4.36. The van der Waals surface area contributed by atoms with Crippen molar-refractivity contribution in [2.75, 3.05) is 12.5 Å². The molecular formula is C17H15Br2N5OS. The molecule has 3 aromatic rings. The number of aromatic nitrogens is 3. The Balaban J connectivity index is 1.58. The first kappa shape index (κ1) is 18.9. The van der Waals surface area contributed by atoms with E-state index in [9.17, 15) is 0 Å². The monoisotopic (exact) mass is 495 g/mol. The standard InChI is InChI=1S/C17H15Br2N5OS/c1-25-15-6-5-14(19)8-12(15)9-20-22-16-21-17(24-23-16)26-10-11-3-2-4-13(18)7-11/h2-9H,10H2,1H3,(H2,21,22,23,24)/b20-9+. The van der Waals surface area contributed by atoms with Crippen molar-refractivity contribution in [2.45, 2.75) is 10.9 Å². The molecule has 0 aliphatic heterocycles. The van der Waals surface area contributed by atoms with Gasteiger partial charge in [-0.3, -0.25) is 0 Å². The Kier molecular flexibility index (Phi) is 6.70. The molecule has 0 unspecified atom stereocenters. The summed E-state index contributed by atoms with van der Waals surface area (Å²) in [5.41, 5.74) is 4.88. The van der Waals surface area contributed by atoms with Gasteiger partial charge in [0.15, 0.2) is 0 Å².